The Morgan fingerprint density at radius 2 is 2.06 bits per heavy atom. The van der Waals surface area contributed by atoms with Gasteiger partial charge in [-0.25, -0.2) is 0 Å². The summed E-state index contributed by atoms with van der Waals surface area (Å²) in [6.07, 6.45) is 3.24. The summed E-state index contributed by atoms with van der Waals surface area (Å²) in [5, 5.41) is 21.1. The first-order valence-corrected chi connectivity index (χ1v) is 11.3. The highest BCUT2D eigenvalue weighted by atomic mass is 35.5. The second kappa shape index (κ2) is 9.41. The van der Waals surface area contributed by atoms with Gasteiger partial charge in [-0.15, -0.1) is 0 Å². The summed E-state index contributed by atoms with van der Waals surface area (Å²) < 4.78 is 6.87. The van der Waals surface area contributed by atoms with Crippen molar-refractivity contribution < 1.29 is 14.3 Å². The van der Waals surface area contributed by atoms with E-state index in [1.807, 2.05) is 0 Å². The van der Waals surface area contributed by atoms with E-state index in [9.17, 15) is 14.9 Å². The smallest absolute Gasteiger partial charge is 0.254 e. The molecule has 10 heteroatoms. The van der Waals surface area contributed by atoms with Crippen molar-refractivity contribution in [3.05, 3.63) is 41.0 Å². The van der Waals surface area contributed by atoms with Crippen LogP contribution in [0.15, 0.2) is 30.5 Å². The molecule has 0 spiro atoms. The van der Waals surface area contributed by atoms with Gasteiger partial charge >= 0.3 is 0 Å². The predicted molar refractivity (Wildman–Crippen MR) is 123 cm³/mol. The molecule has 2 fully saturated rings. The van der Waals surface area contributed by atoms with Crippen LogP contribution in [0, 0.1) is 28.6 Å². The molecule has 2 heterocycles. The van der Waals surface area contributed by atoms with Gasteiger partial charge in [0.25, 0.3) is 5.91 Å². The molecule has 0 bridgehead atoms. The first-order valence-electron chi connectivity index (χ1n) is 10.9. The summed E-state index contributed by atoms with van der Waals surface area (Å²) in [7, 11) is 0. The second-order valence-corrected chi connectivity index (χ2v) is 9.64. The van der Waals surface area contributed by atoms with Crippen LogP contribution in [0.5, 0.6) is 0 Å². The van der Waals surface area contributed by atoms with Crippen LogP contribution in [0.25, 0.3) is 0 Å². The number of anilines is 2. The Bertz CT molecular complexity index is 1070. The minimum absolute atomic E-state index is 0.00476. The third kappa shape index (κ3) is 5.13. The topological polar surface area (TPSA) is 135 Å². The third-order valence-corrected chi connectivity index (χ3v) is 6.64. The van der Waals surface area contributed by atoms with Crippen molar-refractivity contribution in [3.63, 3.8) is 0 Å². The zero-order valence-corrected chi connectivity index (χ0v) is 19.1. The van der Waals surface area contributed by atoms with Crippen LogP contribution in [0.1, 0.15) is 42.6 Å². The Labute approximate surface area is 197 Å². The van der Waals surface area contributed by atoms with Gasteiger partial charge in [-0.05, 0) is 43.5 Å². The van der Waals surface area contributed by atoms with Crippen LogP contribution < -0.4 is 16.4 Å². The molecule has 4 rings (SSSR count). The fourth-order valence-corrected chi connectivity index (χ4v) is 4.48. The molecule has 1 saturated heterocycles. The number of rotatable bonds is 7. The molecule has 33 heavy (non-hydrogen) atoms. The molecule has 1 aromatic carbocycles. The number of nitrogens with one attached hydrogen (secondary N) is 2. The minimum atomic E-state index is -0.618. The lowest BCUT2D eigenvalue weighted by molar-refractivity contribution is -0.131. The van der Waals surface area contributed by atoms with Crippen molar-refractivity contribution in [1.29, 1.82) is 5.26 Å². The molecule has 2 amide bonds. The van der Waals surface area contributed by atoms with Crippen LogP contribution in [0.4, 0.5) is 11.5 Å². The Morgan fingerprint density at radius 3 is 2.67 bits per heavy atom. The standard InChI is InChI=1S/C23H27ClN6O3/c1-23(12-33-13-23)11-27-22(32)14-2-7-19(15(8-14)9-25)30-10-18(20(26)31)21(29-30)28-17-5-3-16(24)4-6-17/h3-6,10,14-15,19H,2,7-8,11-13H2,1H3,(H2,26,31)(H,27,32)(H,28,29)/t14-,15+,19-/m0/s1. The number of carbonyl (C=O) groups excluding carboxylic acids is 2. The third-order valence-electron chi connectivity index (χ3n) is 6.39. The van der Waals surface area contributed by atoms with Gasteiger partial charge in [0.1, 0.15) is 5.56 Å². The lowest BCUT2D eigenvalue weighted by Crippen LogP contribution is -2.50. The number of amides is 2. The summed E-state index contributed by atoms with van der Waals surface area (Å²) in [5.41, 5.74) is 6.50. The van der Waals surface area contributed by atoms with Crippen molar-refractivity contribution in [3.8, 4) is 6.07 Å². The van der Waals surface area contributed by atoms with E-state index in [0.29, 0.717) is 55.5 Å². The number of carbonyl (C=O) groups is 2. The Balaban J connectivity index is 1.46. The highest BCUT2D eigenvalue weighted by Gasteiger charge is 2.38. The average Bonchev–Trinajstić information content (AvgIpc) is 3.21. The molecule has 174 valence electrons. The summed E-state index contributed by atoms with van der Waals surface area (Å²) >= 11 is 5.93. The number of nitrogens with two attached hydrogens (primary N) is 1. The van der Waals surface area contributed by atoms with Gasteiger partial charge in [-0.2, -0.15) is 10.4 Å². The fraction of sp³-hybridized carbons (Fsp3) is 0.478. The van der Waals surface area contributed by atoms with Crippen LogP contribution in [0.3, 0.4) is 0 Å². The SMILES string of the molecule is CC1(CNC(=O)[C@H]2CC[C@H](n3cc(C(N)=O)c(Nc4ccc(Cl)cc4)n3)[C@@H](C#N)C2)COC1. The normalized spacial score (nSPS) is 23.7. The molecule has 2 aliphatic rings. The number of benzene rings is 1. The van der Waals surface area contributed by atoms with E-state index in [0.717, 1.165) is 0 Å². The van der Waals surface area contributed by atoms with Crippen LogP contribution >= 0.6 is 11.6 Å². The zero-order chi connectivity index (χ0) is 23.6. The molecule has 1 aliphatic carbocycles. The van der Waals surface area contributed by atoms with Gasteiger partial charge in [0.05, 0.1) is 31.2 Å². The highest BCUT2D eigenvalue weighted by Crippen LogP contribution is 2.38. The molecular weight excluding hydrogens is 444 g/mol. The quantitative estimate of drug-likeness (QED) is 0.569. The van der Waals surface area contributed by atoms with Crippen LogP contribution in [-0.4, -0.2) is 41.4 Å². The number of ether oxygens (including phenoxy) is 1. The molecule has 4 N–H and O–H groups in total. The van der Waals surface area contributed by atoms with Crippen molar-refractivity contribution in [2.24, 2.45) is 23.0 Å². The molecule has 9 nitrogen and oxygen atoms in total. The Kier molecular flexibility index (Phi) is 6.58. The molecule has 1 aromatic heterocycles. The first-order chi connectivity index (χ1) is 15.8. The van der Waals surface area contributed by atoms with Gasteiger partial charge in [0.15, 0.2) is 5.82 Å². The minimum Gasteiger partial charge on any atom is -0.380 e. The number of halogens is 1. The van der Waals surface area contributed by atoms with Gasteiger partial charge in [-0.1, -0.05) is 18.5 Å². The zero-order valence-electron chi connectivity index (χ0n) is 18.4. The Morgan fingerprint density at radius 1 is 1.33 bits per heavy atom. The average molecular weight is 471 g/mol. The maximum absolute atomic E-state index is 12.7. The number of aromatic nitrogens is 2. The number of primary amides is 1. The van der Waals surface area contributed by atoms with E-state index in [2.05, 4.69) is 28.7 Å². The molecule has 1 aliphatic heterocycles. The van der Waals surface area contributed by atoms with Crippen molar-refractivity contribution in [2.75, 3.05) is 25.1 Å². The number of nitriles is 1. The summed E-state index contributed by atoms with van der Waals surface area (Å²) in [5.74, 6) is -0.968. The van der Waals surface area contributed by atoms with Gasteiger partial charge in [0, 0.05) is 34.8 Å². The number of hydrogen-bond acceptors (Lipinski definition) is 6. The van der Waals surface area contributed by atoms with E-state index in [1.54, 1.807) is 35.1 Å². The highest BCUT2D eigenvalue weighted by molar-refractivity contribution is 6.30. The van der Waals surface area contributed by atoms with Gasteiger partial charge < -0.3 is 21.1 Å². The predicted octanol–water partition coefficient (Wildman–Crippen LogP) is 3.01. The lowest BCUT2D eigenvalue weighted by Gasteiger charge is -2.39. The maximum Gasteiger partial charge on any atom is 0.254 e. The second-order valence-electron chi connectivity index (χ2n) is 9.20. The van der Waals surface area contributed by atoms with E-state index in [4.69, 9.17) is 22.1 Å². The van der Waals surface area contributed by atoms with E-state index in [1.165, 1.54) is 0 Å². The van der Waals surface area contributed by atoms with Crippen molar-refractivity contribution in [2.45, 2.75) is 32.2 Å². The van der Waals surface area contributed by atoms with Crippen LogP contribution in [-0.2, 0) is 9.53 Å². The maximum atomic E-state index is 12.7. The molecule has 0 unspecified atom stereocenters. The van der Waals surface area contributed by atoms with Crippen LogP contribution in [0.2, 0.25) is 5.02 Å². The number of hydrogen-bond donors (Lipinski definition) is 3. The van der Waals surface area contributed by atoms with E-state index >= 15 is 0 Å². The molecule has 0 radical (unpaired) electrons. The molecule has 1 saturated carbocycles. The summed E-state index contributed by atoms with van der Waals surface area (Å²) in [6.45, 7) is 3.95. The molecule has 2 aromatic rings. The first kappa shape index (κ1) is 23.1. The van der Waals surface area contributed by atoms with E-state index in [-0.39, 0.29) is 28.8 Å². The summed E-state index contributed by atoms with van der Waals surface area (Å²) in [4.78, 5) is 24.7. The summed E-state index contributed by atoms with van der Waals surface area (Å²) in [6, 6.07) is 9.06. The monoisotopic (exact) mass is 470 g/mol. The largest absolute Gasteiger partial charge is 0.380 e. The van der Waals surface area contributed by atoms with Gasteiger partial charge in [0.2, 0.25) is 5.91 Å². The number of nitrogens with zero attached hydrogens (tertiary/aromatic N) is 3. The van der Waals surface area contributed by atoms with Crippen molar-refractivity contribution >= 4 is 34.9 Å². The Hall–Kier alpha value is -3.09. The lowest BCUT2D eigenvalue weighted by atomic mass is 9.78. The van der Waals surface area contributed by atoms with Gasteiger partial charge in [-0.3, -0.25) is 14.3 Å². The van der Waals surface area contributed by atoms with Crippen molar-refractivity contribution in [1.82, 2.24) is 15.1 Å². The fourth-order valence-electron chi connectivity index (χ4n) is 4.35. The molecule has 3 atom stereocenters. The van der Waals surface area contributed by atoms with E-state index < -0.39 is 11.8 Å². The molecular formula is C23H27ClN6O3.